The highest BCUT2D eigenvalue weighted by Gasteiger charge is 2.21. The van der Waals surface area contributed by atoms with Crippen LogP contribution in [0, 0.1) is 5.82 Å². The smallest absolute Gasteiger partial charge is 0.262 e. The van der Waals surface area contributed by atoms with E-state index in [1.807, 2.05) is 10.3 Å². The van der Waals surface area contributed by atoms with Crippen LogP contribution in [0.1, 0.15) is 6.42 Å². The van der Waals surface area contributed by atoms with Crippen molar-refractivity contribution in [2.24, 2.45) is 0 Å². The van der Waals surface area contributed by atoms with Crippen LogP contribution in [0.4, 0.5) is 10.1 Å². The van der Waals surface area contributed by atoms with E-state index in [1.54, 1.807) is 18.2 Å². The van der Waals surface area contributed by atoms with Gasteiger partial charge in [0.05, 0.1) is 11.7 Å². The number of hydrogen-bond acceptors (Lipinski definition) is 5. The van der Waals surface area contributed by atoms with Gasteiger partial charge >= 0.3 is 0 Å². The lowest BCUT2D eigenvalue weighted by molar-refractivity contribution is -0.131. The SMILES string of the molecule is O=C(CCn1cnc2sccc2c1=O)N1CCN(c2ccc(F)cc2)CC1. The molecule has 1 fully saturated rings. The summed E-state index contributed by atoms with van der Waals surface area (Å²) in [6, 6.07) is 8.17. The fraction of sp³-hybridized carbons (Fsp3) is 0.316. The van der Waals surface area contributed by atoms with Gasteiger partial charge in [0, 0.05) is 44.8 Å². The maximum atomic E-state index is 13.0. The lowest BCUT2D eigenvalue weighted by atomic mass is 10.2. The van der Waals surface area contributed by atoms with Crippen LogP contribution in [0.3, 0.4) is 0 Å². The van der Waals surface area contributed by atoms with Crippen LogP contribution in [0.15, 0.2) is 46.8 Å². The summed E-state index contributed by atoms with van der Waals surface area (Å²) in [5.41, 5.74) is 0.861. The molecule has 140 valence electrons. The minimum Gasteiger partial charge on any atom is -0.368 e. The van der Waals surface area contributed by atoms with Gasteiger partial charge in [0.1, 0.15) is 10.6 Å². The van der Waals surface area contributed by atoms with Gasteiger partial charge in [-0.1, -0.05) is 0 Å². The number of amides is 1. The number of carbonyl (C=O) groups excluding carboxylic acids is 1. The second-order valence-electron chi connectivity index (χ2n) is 6.48. The van der Waals surface area contributed by atoms with Gasteiger partial charge in [-0.25, -0.2) is 9.37 Å². The number of benzene rings is 1. The average Bonchev–Trinajstić information content (AvgIpc) is 3.18. The molecule has 4 rings (SSSR count). The molecule has 0 spiro atoms. The van der Waals surface area contributed by atoms with Gasteiger partial charge in [-0.2, -0.15) is 0 Å². The Bertz CT molecular complexity index is 1010. The summed E-state index contributed by atoms with van der Waals surface area (Å²) in [6.45, 7) is 2.98. The van der Waals surface area contributed by atoms with E-state index < -0.39 is 0 Å². The number of rotatable bonds is 4. The summed E-state index contributed by atoms with van der Waals surface area (Å²) in [4.78, 5) is 33.8. The van der Waals surface area contributed by atoms with Crippen molar-refractivity contribution in [3.8, 4) is 0 Å². The van der Waals surface area contributed by atoms with Gasteiger partial charge in [-0.15, -0.1) is 11.3 Å². The molecule has 27 heavy (non-hydrogen) atoms. The minimum atomic E-state index is -0.252. The van der Waals surface area contributed by atoms with Crippen LogP contribution < -0.4 is 10.5 Å². The summed E-state index contributed by atoms with van der Waals surface area (Å²) in [5, 5.41) is 2.44. The standard InChI is InChI=1S/C19H19FN4O2S/c20-14-1-3-15(4-2-14)22-8-10-23(11-9-22)17(25)5-7-24-13-21-18-16(19(24)26)6-12-27-18/h1-4,6,12-13H,5,7-11H2. The lowest BCUT2D eigenvalue weighted by Crippen LogP contribution is -2.49. The molecule has 1 aliphatic rings. The Kier molecular flexibility index (Phi) is 4.89. The van der Waals surface area contributed by atoms with Crippen molar-refractivity contribution in [3.05, 3.63) is 58.2 Å². The highest BCUT2D eigenvalue weighted by Crippen LogP contribution is 2.17. The van der Waals surface area contributed by atoms with Crippen molar-refractivity contribution in [2.45, 2.75) is 13.0 Å². The fourth-order valence-corrected chi connectivity index (χ4v) is 4.02. The number of piperazine rings is 1. The predicted molar refractivity (Wildman–Crippen MR) is 104 cm³/mol. The van der Waals surface area contributed by atoms with Crippen molar-refractivity contribution in [1.29, 1.82) is 0 Å². The number of halogens is 1. The van der Waals surface area contributed by atoms with Crippen molar-refractivity contribution < 1.29 is 9.18 Å². The van der Waals surface area contributed by atoms with Crippen LogP contribution in [-0.4, -0.2) is 46.5 Å². The first-order valence-electron chi connectivity index (χ1n) is 8.83. The van der Waals surface area contributed by atoms with Crippen LogP contribution >= 0.6 is 11.3 Å². The second-order valence-corrected chi connectivity index (χ2v) is 7.37. The van der Waals surface area contributed by atoms with Crippen LogP contribution in [-0.2, 0) is 11.3 Å². The van der Waals surface area contributed by atoms with Gasteiger partial charge < -0.3 is 9.80 Å². The topological polar surface area (TPSA) is 58.4 Å². The van der Waals surface area contributed by atoms with E-state index >= 15 is 0 Å². The Morgan fingerprint density at radius 2 is 1.85 bits per heavy atom. The largest absolute Gasteiger partial charge is 0.368 e. The number of fused-ring (bicyclic) bond motifs is 1. The molecule has 0 N–H and O–H groups in total. The van der Waals surface area contributed by atoms with Crippen LogP contribution in [0.25, 0.3) is 10.2 Å². The third kappa shape index (κ3) is 3.71. The second kappa shape index (κ2) is 7.48. The van der Waals surface area contributed by atoms with E-state index in [0.717, 1.165) is 10.5 Å². The molecule has 1 saturated heterocycles. The van der Waals surface area contributed by atoms with E-state index in [-0.39, 0.29) is 23.7 Å². The van der Waals surface area contributed by atoms with Crippen molar-refractivity contribution in [3.63, 3.8) is 0 Å². The molecule has 0 atom stereocenters. The summed E-state index contributed by atoms with van der Waals surface area (Å²) in [6.07, 6.45) is 1.79. The summed E-state index contributed by atoms with van der Waals surface area (Å²) >= 11 is 1.43. The summed E-state index contributed by atoms with van der Waals surface area (Å²) in [7, 11) is 0. The number of carbonyl (C=O) groups is 1. The third-order valence-electron chi connectivity index (χ3n) is 4.84. The van der Waals surface area contributed by atoms with Gasteiger partial charge in [0.25, 0.3) is 5.56 Å². The van der Waals surface area contributed by atoms with Gasteiger partial charge in [-0.05, 0) is 35.7 Å². The lowest BCUT2D eigenvalue weighted by Gasteiger charge is -2.36. The molecule has 3 aromatic rings. The normalized spacial score (nSPS) is 14.7. The maximum absolute atomic E-state index is 13.0. The van der Waals surface area contributed by atoms with E-state index in [4.69, 9.17) is 0 Å². The van der Waals surface area contributed by atoms with Gasteiger partial charge in [-0.3, -0.25) is 14.2 Å². The Morgan fingerprint density at radius 1 is 1.11 bits per heavy atom. The quantitative estimate of drug-likeness (QED) is 0.691. The molecule has 0 aliphatic carbocycles. The first-order valence-corrected chi connectivity index (χ1v) is 9.71. The molecule has 0 saturated carbocycles. The predicted octanol–water partition coefficient (Wildman–Crippen LogP) is 2.34. The summed E-state index contributed by atoms with van der Waals surface area (Å²) in [5.74, 6) is -0.219. The fourth-order valence-electron chi connectivity index (χ4n) is 3.29. The number of aryl methyl sites for hydroxylation is 1. The van der Waals surface area contributed by atoms with Gasteiger partial charge in [0.2, 0.25) is 5.91 Å². The molecule has 3 heterocycles. The first kappa shape index (κ1) is 17.7. The van der Waals surface area contributed by atoms with Crippen LogP contribution in [0.5, 0.6) is 0 Å². The zero-order valence-corrected chi connectivity index (χ0v) is 15.5. The van der Waals surface area contributed by atoms with E-state index in [2.05, 4.69) is 9.88 Å². The van der Waals surface area contributed by atoms with Crippen molar-refractivity contribution in [1.82, 2.24) is 14.5 Å². The van der Waals surface area contributed by atoms with Gasteiger partial charge in [0.15, 0.2) is 0 Å². The highest BCUT2D eigenvalue weighted by molar-refractivity contribution is 7.16. The number of aromatic nitrogens is 2. The Balaban J connectivity index is 1.33. The maximum Gasteiger partial charge on any atom is 0.262 e. The molecule has 8 heteroatoms. The van der Waals surface area contributed by atoms with E-state index in [1.165, 1.54) is 34.4 Å². The average molecular weight is 386 g/mol. The molecule has 0 radical (unpaired) electrons. The van der Waals surface area contributed by atoms with E-state index in [9.17, 15) is 14.0 Å². The zero-order chi connectivity index (χ0) is 18.8. The summed E-state index contributed by atoms with van der Waals surface area (Å²) < 4.78 is 14.5. The third-order valence-corrected chi connectivity index (χ3v) is 5.66. The molecule has 1 aliphatic heterocycles. The molecule has 1 amide bonds. The minimum absolute atomic E-state index is 0.0334. The van der Waals surface area contributed by atoms with Crippen molar-refractivity contribution in [2.75, 3.05) is 31.1 Å². The molecule has 0 bridgehead atoms. The monoisotopic (exact) mass is 386 g/mol. The first-order chi connectivity index (χ1) is 13.1. The van der Waals surface area contributed by atoms with E-state index in [0.29, 0.717) is 38.1 Å². The Labute approximate surface area is 159 Å². The number of hydrogen-bond donors (Lipinski definition) is 0. The van der Waals surface area contributed by atoms with Crippen molar-refractivity contribution >= 4 is 33.1 Å². The Morgan fingerprint density at radius 3 is 2.59 bits per heavy atom. The molecule has 1 aromatic carbocycles. The molecular formula is C19H19FN4O2S. The highest BCUT2D eigenvalue weighted by atomic mass is 32.1. The molecule has 0 unspecified atom stereocenters. The number of thiophene rings is 1. The molecule has 2 aromatic heterocycles. The number of nitrogens with zero attached hydrogens (tertiary/aromatic N) is 4. The molecular weight excluding hydrogens is 367 g/mol. The Hall–Kier alpha value is -2.74. The number of anilines is 1. The zero-order valence-electron chi connectivity index (χ0n) is 14.7. The molecule has 6 nitrogen and oxygen atoms in total. The van der Waals surface area contributed by atoms with Crippen LogP contribution in [0.2, 0.25) is 0 Å².